The first-order chi connectivity index (χ1) is 13.1. The highest BCUT2D eigenvalue weighted by Crippen LogP contribution is 2.31. The lowest BCUT2D eigenvalue weighted by Gasteiger charge is -2.30. The fraction of sp³-hybridized carbons (Fsp3) is 0.318. The van der Waals surface area contributed by atoms with Crippen molar-refractivity contribution in [1.29, 1.82) is 0 Å². The summed E-state index contributed by atoms with van der Waals surface area (Å²) in [5.41, 5.74) is 2.90. The highest BCUT2D eigenvalue weighted by Gasteiger charge is 2.25. The Morgan fingerprint density at radius 2 is 2.00 bits per heavy atom. The van der Waals surface area contributed by atoms with Crippen LogP contribution in [0.25, 0.3) is 5.57 Å². The van der Waals surface area contributed by atoms with Gasteiger partial charge in [0.2, 0.25) is 5.91 Å². The molecule has 2 aromatic carbocycles. The molecule has 150 valence electrons. The van der Waals surface area contributed by atoms with Crippen LogP contribution in [-0.4, -0.2) is 44.1 Å². The number of ether oxygens (including phenoxy) is 1. The summed E-state index contributed by atoms with van der Waals surface area (Å²) in [7, 11) is 3.39. The minimum atomic E-state index is -0.289. The molecule has 0 bridgehead atoms. The molecule has 0 saturated carbocycles. The van der Waals surface area contributed by atoms with Crippen LogP contribution in [0.5, 0.6) is 5.75 Å². The molecular formula is C22H26ClFN2O2. The Bertz CT molecular complexity index is 827. The molecule has 1 heterocycles. The lowest BCUT2D eigenvalue weighted by atomic mass is 9.97. The van der Waals surface area contributed by atoms with Crippen LogP contribution < -0.4 is 10.1 Å². The first kappa shape index (κ1) is 21.9. The third kappa shape index (κ3) is 5.12. The molecule has 0 aromatic heterocycles. The lowest BCUT2D eigenvalue weighted by molar-refractivity contribution is -0.132. The maximum absolute atomic E-state index is 13.6. The maximum Gasteiger partial charge on any atom is 0.240 e. The number of methoxy groups -OCH3 is 1. The molecule has 1 atom stereocenters. The molecule has 0 fully saturated rings. The summed E-state index contributed by atoms with van der Waals surface area (Å²) < 4.78 is 19.0. The van der Waals surface area contributed by atoms with Crippen LogP contribution >= 0.6 is 12.4 Å². The average molecular weight is 405 g/mol. The van der Waals surface area contributed by atoms with E-state index in [1.807, 2.05) is 48.4 Å². The quantitative estimate of drug-likeness (QED) is 0.798. The molecule has 1 amide bonds. The van der Waals surface area contributed by atoms with E-state index in [0.717, 1.165) is 16.7 Å². The highest BCUT2D eigenvalue weighted by molar-refractivity contribution is 5.85. The second-order valence-corrected chi connectivity index (χ2v) is 6.64. The Balaban J connectivity index is 0.00000280. The number of carbonyl (C=O) groups is 1. The number of benzene rings is 2. The second-order valence-electron chi connectivity index (χ2n) is 6.64. The van der Waals surface area contributed by atoms with E-state index >= 15 is 0 Å². The Morgan fingerprint density at radius 3 is 2.61 bits per heavy atom. The summed E-state index contributed by atoms with van der Waals surface area (Å²) in [6, 6.07) is 14.3. The summed E-state index contributed by atoms with van der Waals surface area (Å²) in [6.45, 7) is 1.12. The van der Waals surface area contributed by atoms with E-state index in [1.165, 1.54) is 12.1 Å². The smallest absolute Gasteiger partial charge is 0.240 e. The van der Waals surface area contributed by atoms with Gasteiger partial charge < -0.3 is 15.0 Å². The second kappa shape index (κ2) is 10.2. The summed E-state index contributed by atoms with van der Waals surface area (Å²) in [4.78, 5) is 14.8. The zero-order chi connectivity index (χ0) is 19.2. The van der Waals surface area contributed by atoms with Gasteiger partial charge in [-0.15, -0.1) is 12.4 Å². The van der Waals surface area contributed by atoms with E-state index in [0.29, 0.717) is 31.7 Å². The fourth-order valence-corrected chi connectivity index (χ4v) is 3.43. The van der Waals surface area contributed by atoms with Crippen molar-refractivity contribution in [3.8, 4) is 5.75 Å². The van der Waals surface area contributed by atoms with Crippen molar-refractivity contribution in [3.05, 3.63) is 71.6 Å². The molecule has 4 nitrogen and oxygen atoms in total. The minimum Gasteiger partial charge on any atom is -0.496 e. The minimum absolute atomic E-state index is 0. The number of nitrogens with zero attached hydrogens (tertiary/aromatic N) is 1. The number of likely N-dealkylation sites (N-methyl/N-ethyl adjacent to an activating group) is 1. The zero-order valence-electron chi connectivity index (χ0n) is 16.2. The SMILES string of the molecule is CN[C@H](Cc1ccccc1)C(=O)N1CC=C(c2cc(F)ccc2OC)CC1.Cl. The van der Waals surface area contributed by atoms with Crippen LogP contribution in [0.3, 0.4) is 0 Å². The van der Waals surface area contributed by atoms with Crippen LogP contribution in [0.15, 0.2) is 54.6 Å². The van der Waals surface area contributed by atoms with E-state index in [4.69, 9.17) is 4.74 Å². The van der Waals surface area contributed by atoms with Crippen molar-refractivity contribution in [2.75, 3.05) is 27.2 Å². The third-order valence-corrected chi connectivity index (χ3v) is 4.96. The van der Waals surface area contributed by atoms with Gasteiger partial charge >= 0.3 is 0 Å². The van der Waals surface area contributed by atoms with Crippen molar-refractivity contribution in [3.63, 3.8) is 0 Å². The maximum atomic E-state index is 13.6. The first-order valence-electron chi connectivity index (χ1n) is 9.15. The van der Waals surface area contributed by atoms with Crippen LogP contribution in [0.2, 0.25) is 0 Å². The van der Waals surface area contributed by atoms with Gasteiger partial charge in [-0.3, -0.25) is 4.79 Å². The molecular weight excluding hydrogens is 379 g/mol. The van der Waals surface area contributed by atoms with Crippen LogP contribution in [0.4, 0.5) is 4.39 Å². The van der Waals surface area contributed by atoms with Crippen LogP contribution in [0, 0.1) is 5.82 Å². The van der Waals surface area contributed by atoms with Gasteiger partial charge in [-0.25, -0.2) is 4.39 Å². The summed E-state index contributed by atoms with van der Waals surface area (Å²) in [5, 5.41) is 3.13. The number of nitrogens with one attached hydrogen (secondary N) is 1. The molecule has 0 radical (unpaired) electrons. The average Bonchev–Trinajstić information content (AvgIpc) is 2.72. The molecule has 28 heavy (non-hydrogen) atoms. The van der Waals surface area contributed by atoms with Gasteiger partial charge in [-0.1, -0.05) is 36.4 Å². The van der Waals surface area contributed by atoms with Crippen molar-refractivity contribution >= 4 is 23.9 Å². The molecule has 0 aliphatic carbocycles. The molecule has 0 saturated heterocycles. The van der Waals surface area contributed by atoms with Gasteiger partial charge in [0.05, 0.1) is 13.2 Å². The van der Waals surface area contributed by atoms with Gasteiger partial charge in [0, 0.05) is 18.7 Å². The fourth-order valence-electron chi connectivity index (χ4n) is 3.43. The van der Waals surface area contributed by atoms with E-state index in [2.05, 4.69) is 5.32 Å². The van der Waals surface area contributed by atoms with Crippen molar-refractivity contribution in [2.45, 2.75) is 18.9 Å². The molecule has 2 aromatic rings. The zero-order valence-corrected chi connectivity index (χ0v) is 17.0. The first-order valence-corrected chi connectivity index (χ1v) is 9.15. The number of amides is 1. The topological polar surface area (TPSA) is 41.6 Å². The van der Waals surface area contributed by atoms with Gasteiger partial charge in [0.25, 0.3) is 0 Å². The Morgan fingerprint density at radius 1 is 1.25 bits per heavy atom. The van der Waals surface area contributed by atoms with Crippen LogP contribution in [0.1, 0.15) is 17.5 Å². The number of halogens is 2. The molecule has 0 spiro atoms. The normalized spacial score (nSPS) is 14.7. The Kier molecular flexibility index (Phi) is 8.03. The molecule has 1 aliphatic heterocycles. The largest absolute Gasteiger partial charge is 0.496 e. The van der Waals surface area contributed by atoms with Crippen molar-refractivity contribution in [1.82, 2.24) is 10.2 Å². The highest BCUT2D eigenvalue weighted by atomic mass is 35.5. The third-order valence-electron chi connectivity index (χ3n) is 4.96. The number of carbonyl (C=O) groups excluding carboxylic acids is 1. The van der Waals surface area contributed by atoms with E-state index < -0.39 is 0 Å². The number of hydrogen-bond acceptors (Lipinski definition) is 3. The molecule has 6 heteroatoms. The summed E-state index contributed by atoms with van der Waals surface area (Å²) >= 11 is 0. The predicted octanol–water partition coefficient (Wildman–Crippen LogP) is 3.70. The summed E-state index contributed by atoms with van der Waals surface area (Å²) in [6.07, 6.45) is 3.32. The molecule has 1 aliphatic rings. The van der Waals surface area contributed by atoms with Gasteiger partial charge in [0.15, 0.2) is 0 Å². The monoisotopic (exact) mass is 404 g/mol. The number of hydrogen-bond donors (Lipinski definition) is 1. The van der Waals surface area contributed by atoms with E-state index in [1.54, 1.807) is 13.2 Å². The van der Waals surface area contributed by atoms with Crippen LogP contribution in [-0.2, 0) is 11.2 Å². The predicted molar refractivity (Wildman–Crippen MR) is 112 cm³/mol. The molecule has 0 unspecified atom stereocenters. The van der Waals surface area contributed by atoms with Gasteiger partial charge in [-0.2, -0.15) is 0 Å². The number of rotatable bonds is 6. The van der Waals surface area contributed by atoms with Crippen molar-refractivity contribution in [2.24, 2.45) is 0 Å². The Labute approximate surface area is 171 Å². The standard InChI is InChI=1S/C22H25FN2O2.ClH/c1-24-20(14-16-6-4-3-5-7-16)22(26)25-12-10-17(11-13-25)19-15-18(23)8-9-21(19)27-2;/h3-10,15,20,24H,11-14H2,1-2H3;1H/t20-;/m1./s1. The lowest BCUT2D eigenvalue weighted by Crippen LogP contribution is -2.47. The van der Waals surface area contributed by atoms with E-state index in [-0.39, 0.29) is 30.2 Å². The van der Waals surface area contributed by atoms with Gasteiger partial charge in [0.1, 0.15) is 11.6 Å². The van der Waals surface area contributed by atoms with E-state index in [9.17, 15) is 9.18 Å². The van der Waals surface area contributed by atoms with Crippen molar-refractivity contribution < 1.29 is 13.9 Å². The molecule has 1 N–H and O–H groups in total. The Hall–Kier alpha value is -2.37. The van der Waals surface area contributed by atoms with Gasteiger partial charge in [-0.05, 0) is 49.2 Å². The summed E-state index contributed by atoms with van der Waals surface area (Å²) in [5.74, 6) is 0.450. The molecule has 3 rings (SSSR count).